The van der Waals surface area contributed by atoms with Crippen LogP contribution in [0.15, 0.2) is 42.9 Å². The zero-order chi connectivity index (χ0) is 25.3. The molecule has 2 atom stereocenters. The molecule has 4 rings (SSSR count). The Morgan fingerprint density at radius 2 is 2.09 bits per heavy atom. The van der Waals surface area contributed by atoms with Gasteiger partial charge in [0.2, 0.25) is 0 Å². The lowest BCUT2D eigenvalue weighted by atomic mass is 9.91. The molecule has 8 nitrogen and oxygen atoms in total. The first-order chi connectivity index (χ1) is 16.6. The number of rotatable bonds is 7. The van der Waals surface area contributed by atoms with Crippen LogP contribution in [0.3, 0.4) is 0 Å². The highest BCUT2D eigenvalue weighted by Crippen LogP contribution is 2.32. The standard InChI is InChI=1S/C24H29F3N6O2/c1-5-33(23(34)30-20(24(25,26)27)18-12-31(3)13-18)15(2)16-7-6-8-17(11-16)19-14-32-10-9-28-21(32)22(29-19)35-4/h6-11,14-15,18,20H,5,12-13H2,1-4H3,(H,30,34). The van der Waals surface area contributed by atoms with E-state index in [2.05, 4.69) is 15.3 Å². The first kappa shape index (κ1) is 24.8. The van der Waals surface area contributed by atoms with Crippen molar-refractivity contribution in [3.63, 3.8) is 0 Å². The van der Waals surface area contributed by atoms with Crippen molar-refractivity contribution in [1.82, 2.24) is 29.5 Å². The Balaban J connectivity index is 1.57. The van der Waals surface area contributed by atoms with E-state index in [0.717, 1.165) is 11.1 Å². The SMILES string of the molecule is CCN(C(=O)NC(C1CN(C)C1)C(F)(F)F)C(C)c1cccc(-c2cn3ccnc3c(OC)n2)c1. The number of amides is 2. The van der Waals surface area contributed by atoms with Gasteiger partial charge in [-0.1, -0.05) is 18.2 Å². The zero-order valence-corrected chi connectivity index (χ0v) is 20.1. The van der Waals surface area contributed by atoms with E-state index in [9.17, 15) is 18.0 Å². The van der Waals surface area contributed by atoms with Gasteiger partial charge >= 0.3 is 12.2 Å². The van der Waals surface area contributed by atoms with Crippen LogP contribution in [0.1, 0.15) is 25.5 Å². The van der Waals surface area contributed by atoms with E-state index in [1.807, 2.05) is 30.5 Å². The summed E-state index contributed by atoms with van der Waals surface area (Å²) in [5.41, 5.74) is 2.79. The third-order valence-electron chi connectivity index (χ3n) is 6.47. The summed E-state index contributed by atoms with van der Waals surface area (Å²) in [7, 11) is 3.28. The third kappa shape index (κ3) is 5.04. The number of carbonyl (C=O) groups is 1. The average Bonchev–Trinajstić information content (AvgIpc) is 3.28. The molecule has 11 heteroatoms. The van der Waals surface area contributed by atoms with Gasteiger partial charge in [0.15, 0.2) is 5.65 Å². The van der Waals surface area contributed by atoms with E-state index in [0.29, 0.717) is 30.3 Å². The van der Waals surface area contributed by atoms with Crippen LogP contribution in [-0.4, -0.2) is 76.2 Å². The smallest absolute Gasteiger partial charge is 0.409 e. The summed E-state index contributed by atoms with van der Waals surface area (Å²) in [6.45, 7) is 4.39. The number of urea groups is 1. The third-order valence-corrected chi connectivity index (χ3v) is 6.47. The zero-order valence-electron chi connectivity index (χ0n) is 20.1. The van der Waals surface area contributed by atoms with Crippen molar-refractivity contribution < 1.29 is 22.7 Å². The van der Waals surface area contributed by atoms with Crippen molar-refractivity contribution in [1.29, 1.82) is 0 Å². The first-order valence-corrected chi connectivity index (χ1v) is 11.4. The molecule has 0 bridgehead atoms. The molecule has 0 spiro atoms. The van der Waals surface area contributed by atoms with Crippen molar-refractivity contribution in [2.75, 3.05) is 33.8 Å². The Kier molecular flexibility index (Phi) is 6.88. The van der Waals surface area contributed by atoms with E-state index in [4.69, 9.17) is 4.74 Å². The number of likely N-dealkylation sites (tertiary alicyclic amines) is 1. The van der Waals surface area contributed by atoms with Crippen LogP contribution in [0, 0.1) is 5.92 Å². The lowest BCUT2D eigenvalue weighted by molar-refractivity contribution is -0.176. The van der Waals surface area contributed by atoms with Gasteiger partial charge in [-0.3, -0.25) is 0 Å². The Hall–Kier alpha value is -3.34. The van der Waals surface area contributed by atoms with E-state index in [1.165, 1.54) is 12.0 Å². The second-order valence-corrected chi connectivity index (χ2v) is 8.83. The summed E-state index contributed by atoms with van der Waals surface area (Å²) >= 11 is 0. The molecule has 2 unspecified atom stereocenters. The molecule has 1 saturated heterocycles. The first-order valence-electron chi connectivity index (χ1n) is 11.4. The van der Waals surface area contributed by atoms with Crippen molar-refractivity contribution in [2.45, 2.75) is 32.1 Å². The second kappa shape index (κ2) is 9.73. The number of carbonyl (C=O) groups excluding carboxylic acids is 1. The molecule has 188 valence electrons. The van der Waals surface area contributed by atoms with Gasteiger partial charge in [0.1, 0.15) is 6.04 Å². The predicted octanol–water partition coefficient (Wildman–Crippen LogP) is 3.99. The van der Waals surface area contributed by atoms with Crippen LogP contribution in [0.2, 0.25) is 0 Å². The fraction of sp³-hybridized carbons (Fsp3) is 0.458. The number of hydrogen-bond donors (Lipinski definition) is 1. The molecule has 0 saturated carbocycles. The van der Waals surface area contributed by atoms with Crippen LogP contribution in [0.5, 0.6) is 5.88 Å². The molecule has 2 amide bonds. The number of hydrogen-bond acceptors (Lipinski definition) is 5. The van der Waals surface area contributed by atoms with Gasteiger partial charge in [0.05, 0.1) is 18.8 Å². The number of methoxy groups -OCH3 is 1. The topological polar surface area (TPSA) is 75.0 Å². The molecule has 1 aliphatic rings. The molecule has 1 fully saturated rings. The summed E-state index contributed by atoms with van der Waals surface area (Å²) in [4.78, 5) is 25.0. The van der Waals surface area contributed by atoms with Crippen molar-refractivity contribution >= 4 is 11.7 Å². The number of imidazole rings is 1. The minimum atomic E-state index is -4.51. The fourth-order valence-electron chi connectivity index (χ4n) is 4.55. The van der Waals surface area contributed by atoms with Crippen LogP contribution < -0.4 is 10.1 Å². The normalized spacial score (nSPS) is 16.5. The molecule has 1 aliphatic heterocycles. The molecule has 0 radical (unpaired) electrons. The minimum Gasteiger partial charge on any atom is -0.478 e. The van der Waals surface area contributed by atoms with Gasteiger partial charge in [0.25, 0.3) is 5.88 Å². The molecule has 3 heterocycles. The largest absolute Gasteiger partial charge is 0.478 e. The van der Waals surface area contributed by atoms with E-state index < -0.39 is 30.2 Å². The quantitative estimate of drug-likeness (QED) is 0.542. The number of fused-ring (bicyclic) bond motifs is 1. The summed E-state index contributed by atoms with van der Waals surface area (Å²) < 4.78 is 48.2. The van der Waals surface area contributed by atoms with E-state index in [1.54, 1.807) is 42.6 Å². The van der Waals surface area contributed by atoms with Crippen LogP contribution in [-0.2, 0) is 0 Å². The molecule has 1 aromatic carbocycles. The van der Waals surface area contributed by atoms with Crippen LogP contribution in [0.4, 0.5) is 18.0 Å². The number of benzene rings is 1. The molecule has 1 N–H and O–H groups in total. The molecular formula is C24H29F3N6O2. The lowest BCUT2D eigenvalue weighted by Crippen LogP contribution is -2.62. The Bertz CT molecular complexity index is 1190. The maximum atomic E-state index is 13.7. The van der Waals surface area contributed by atoms with Gasteiger partial charge in [-0.15, -0.1) is 0 Å². The van der Waals surface area contributed by atoms with Crippen LogP contribution in [0.25, 0.3) is 16.9 Å². The summed E-state index contributed by atoms with van der Waals surface area (Å²) in [6, 6.07) is 4.37. The fourth-order valence-corrected chi connectivity index (χ4v) is 4.55. The number of nitrogens with zero attached hydrogens (tertiary/aromatic N) is 5. The lowest BCUT2D eigenvalue weighted by Gasteiger charge is -2.42. The summed E-state index contributed by atoms with van der Waals surface area (Å²) in [5, 5.41) is 2.26. The number of nitrogens with one attached hydrogen (secondary N) is 1. The van der Waals surface area contributed by atoms with Gasteiger partial charge in [-0.2, -0.15) is 13.2 Å². The highest BCUT2D eigenvalue weighted by molar-refractivity contribution is 5.75. The Labute approximate surface area is 201 Å². The molecular weight excluding hydrogens is 461 g/mol. The molecule has 0 aliphatic carbocycles. The summed E-state index contributed by atoms with van der Waals surface area (Å²) in [6.07, 6.45) is 0.744. The number of aromatic nitrogens is 3. The van der Waals surface area contributed by atoms with Gasteiger partial charge in [-0.25, -0.2) is 14.8 Å². The van der Waals surface area contributed by atoms with E-state index >= 15 is 0 Å². The molecule has 3 aromatic rings. The minimum absolute atomic E-state index is 0.249. The number of ether oxygens (including phenoxy) is 1. The van der Waals surface area contributed by atoms with Crippen molar-refractivity contribution in [3.8, 4) is 17.1 Å². The van der Waals surface area contributed by atoms with Gasteiger partial charge < -0.3 is 24.3 Å². The average molecular weight is 491 g/mol. The second-order valence-electron chi connectivity index (χ2n) is 8.83. The van der Waals surface area contributed by atoms with Gasteiger partial charge in [0, 0.05) is 49.7 Å². The Morgan fingerprint density at radius 3 is 2.71 bits per heavy atom. The maximum absolute atomic E-state index is 13.7. The molecule has 2 aromatic heterocycles. The Morgan fingerprint density at radius 1 is 1.34 bits per heavy atom. The van der Waals surface area contributed by atoms with Crippen molar-refractivity contribution in [2.24, 2.45) is 5.92 Å². The number of alkyl halides is 3. The number of halogens is 3. The highest BCUT2D eigenvalue weighted by Gasteiger charge is 2.49. The van der Waals surface area contributed by atoms with E-state index in [-0.39, 0.29) is 6.54 Å². The summed E-state index contributed by atoms with van der Waals surface area (Å²) in [5.74, 6) is -0.277. The predicted molar refractivity (Wildman–Crippen MR) is 125 cm³/mol. The van der Waals surface area contributed by atoms with Crippen LogP contribution >= 0.6 is 0 Å². The maximum Gasteiger partial charge on any atom is 0.409 e. The van der Waals surface area contributed by atoms with Crippen molar-refractivity contribution in [3.05, 3.63) is 48.4 Å². The van der Waals surface area contributed by atoms with Gasteiger partial charge in [-0.05, 0) is 32.5 Å². The highest BCUT2D eigenvalue weighted by atomic mass is 19.4. The monoisotopic (exact) mass is 490 g/mol. The molecule has 35 heavy (non-hydrogen) atoms.